The summed E-state index contributed by atoms with van der Waals surface area (Å²) in [4.78, 5) is 13.1. The molecule has 0 aromatic carbocycles. The van der Waals surface area contributed by atoms with Crippen LogP contribution in [0.2, 0.25) is 0 Å². The SMILES string of the molecule is CCC(C)N1CC(C#N)OCC1=O. The summed E-state index contributed by atoms with van der Waals surface area (Å²) in [7, 11) is 0. The zero-order valence-corrected chi connectivity index (χ0v) is 7.99. The van der Waals surface area contributed by atoms with Crippen molar-refractivity contribution in [2.75, 3.05) is 13.2 Å². The fraction of sp³-hybridized carbons (Fsp3) is 0.778. The molecule has 0 aromatic heterocycles. The maximum Gasteiger partial charge on any atom is 0.249 e. The number of ether oxygens (including phenoxy) is 1. The van der Waals surface area contributed by atoms with Crippen LogP contribution in [-0.4, -0.2) is 36.1 Å². The van der Waals surface area contributed by atoms with Crippen LogP contribution in [0.4, 0.5) is 0 Å². The number of nitriles is 1. The van der Waals surface area contributed by atoms with E-state index < -0.39 is 6.10 Å². The molecular formula is C9H14N2O2. The number of carbonyl (C=O) groups excluding carboxylic acids is 1. The van der Waals surface area contributed by atoms with Gasteiger partial charge in [-0.2, -0.15) is 5.26 Å². The highest BCUT2D eigenvalue weighted by Gasteiger charge is 2.28. The van der Waals surface area contributed by atoms with Gasteiger partial charge in [0.1, 0.15) is 6.61 Å². The molecule has 1 saturated heterocycles. The smallest absolute Gasteiger partial charge is 0.249 e. The molecule has 4 heteroatoms. The highest BCUT2D eigenvalue weighted by molar-refractivity contribution is 5.78. The highest BCUT2D eigenvalue weighted by Crippen LogP contribution is 2.11. The predicted octanol–water partition coefficient (Wildman–Crippen LogP) is 0.536. The molecule has 0 aliphatic carbocycles. The zero-order valence-electron chi connectivity index (χ0n) is 7.99. The largest absolute Gasteiger partial charge is 0.352 e. The first-order valence-corrected chi connectivity index (χ1v) is 4.49. The molecule has 1 rings (SSSR count). The van der Waals surface area contributed by atoms with Gasteiger partial charge in [0.15, 0.2) is 6.10 Å². The van der Waals surface area contributed by atoms with Gasteiger partial charge in [-0.3, -0.25) is 4.79 Å². The zero-order chi connectivity index (χ0) is 9.84. The van der Waals surface area contributed by atoms with E-state index in [1.807, 2.05) is 19.9 Å². The van der Waals surface area contributed by atoms with Crippen molar-refractivity contribution in [1.82, 2.24) is 4.90 Å². The molecule has 1 aliphatic heterocycles. The Bertz CT molecular complexity index is 234. The van der Waals surface area contributed by atoms with Gasteiger partial charge in [-0.25, -0.2) is 0 Å². The number of nitrogens with zero attached hydrogens (tertiary/aromatic N) is 2. The van der Waals surface area contributed by atoms with Gasteiger partial charge >= 0.3 is 0 Å². The molecular weight excluding hydrogens is 168 g/mol. The van der Waals surface area contributed by atoms with Crippen LogP contribution < -0.4 is 0 Å². The maximum atomic E-state index is 11.3. The van der Waals surface area contributed by atoms with Gasteiger partial charge in [-0.05, 0) is 13.3 Å². The van der Waals surface area contributed by atoms with Gasteiger partial charge in [0.2, 0.25) is 5.91 Å². The molecule has 0 radical (unpaired) electrons. The van der Waals surface area contributed by atoms with Crippen molar-refractivity contribution in [3.05, 3.63) is 0 Å². The third-order valence-electron chi connectivity index (χ3n) is 2.36. The van der Waals surface area contributed by atoms with Crippen molar-refractivity contribution in [3.8, 4) is 6.07 Å². The third-order valence-corrected chi connectivity index (χ3v) is 2.36. The van der Waals surface area contributed by atoms with Crippen LogP contribution in [0, 0.1) is 11.3 Å². The number of amides is 1. The Hall–Kier alpha value is -1.08. The van der Waals surface area contributed by atoms with E-state index in [9.17, 15) is 4.79 Å². The normalized spacial score (nSPS) is 25.5. The maximum absolute atomic E-state index is 11.3. The monoisotopic (exact) mass is 182 g/mol. The predicted molar refractivity (Wildman–Crippen MR) is 46.8 cm³/mol. The summed E-state index contributed by atoms with van der Waals surface area (Å²) in [6, 6.07) is 2.22. The Kier molecular flexibility index (Phi) is 3.26. The third kappa shape index (κ3) is 2.19. The van der Waals surface area contributed by atoms with Crippen molar-refractivity contribution in [2.24, 2.45) is 0 Å². The minimum Gasteiger partial charge on any atom is -0.352 e. The van der Waals surface area contributed by atoms with Crippen LogP contribution >= 0.6 is 0 Å². The standard InChI is InChI=1S/C9H14N2O2/c1-3-7(2)11-5-8(4-10)13-6-9(11)12/h7-8H,3,5-6H2,1-2H3. The fourth-order valence-corrected chi connectivity index (χ4v) is 1.31. The first-order valence-electron chi connectivity index (χ1n) is 4.49. The number of carbonyl (C=O) groups is 1. The van der Waals surface area contributed by atoms with Crippen LogP contribution in [-0.2, 0) is 9.53 Å². The van der Waals surface area contributed by atoms with E-state index in [4.69, 9.17) is 10.00 Å². The first kappa shape index (κ1) is 10.0. The Morgan fingerprint density at radius 1 is 1.85 bits per heavy atom. The molecule has 1 fully saturated rings. The molecule has 0 spiro atoms. The summed E-state index contributed by atoms with van der Waals surface area (Å²) in [5.74, 6) is -0.0131. The van der Waals surface area contributed by atoms with Crippen LogP contribution in [0.3, 0.4) is 0 Å². The number of rotatable bonds is 2. The topological polar surface area (TPSA) is 53.3 Å². The lowest BCUT2D eigenvalue weighted by atomic mass is 10.2. The average Bonchev–Trinajstić information content (AvgIpc) is 2.17. The minimum atomic E-state index is -0.452. The van der Waals surface area contributed by atoms with E-state index in [0.29, 0.717) is 6.54 Å². The molecule has 0 aromatic rings. The van der Waals surface area contributed by atoms with Gasteiger partial charge in [0, 0.05) is 6.04 Å². The van der Waals surface area contributed by atoms with E-state index >= 15 is 0 Å². The molecule has 0 saturated carbocycles. The van der Waals surface area contributed by atoms with Gasteiger partial charge in [0.05, 0.1) is 12.6 Å². The van der Waals surface area contributed by atoms with Gasteiger partial charge in [0.25, 0.3) is 0 Å². The Morgan fingerprint density at radius 2 is 2.54 bits per heavy atom. The fourth-order valence-electron chi connectivity index (χ4n) is 1.31. The van der Waals surface area contributed by atoms with Crippen LogP contribution in [0.1, 0.15) is 20.3 Å². The second-order valence-corrected chi connectivity index (χ2v) is 3.23. The Morgan fingerprint density at radius 3 is 3.08 bits per heavy atom. The van der Waals surface area contributed by atoms with Gasteiger partial charge < -0.3 is 9.64 Å². The summed E-state index contributed by atoms with van der Waals surface area (Å²) in [5.41, 5.74) is 0. The molecule has 72 valence electrons. The van der Waals surface area contributed by atoms with Gasteiger partial charge in [-0.15, -0.1) is 0 Å². The molecule has 1 heterocycles. The molecule has 2 atom stereocenters. The second-order valence-electron chi connectivity index (χ2n) is 3.23. The summed E-state index contributed by atoms with van der Waals surface area (Å²) in [5, 5.41) is 8.64. The lowest BCUT2D eigenvalue weighted by Crippen LogP contribution is -2.49. The van der Waals surface area contributed by atoms with Crippen molar-refractivity contribution in [3.63, 3.8) is 0 Å². The van der Waals surface area contributed by atoms with Crippen LogP contribution in [0.25, 0.3) is 0 Å². The van der Waals surface area contributed by atoms with Gasteiger partial charge in [-0.1, -0.05) is 6.92 Å². The second kappa shape index (κ2) is 4.24. The average molecular weight is 182 g/mol. The first-order chi connectivity index (χ1) is 6.19. The van der Waals surface area contributed by atoms with Crippen molar-refractivity contribution in [1.29, 1.82) is 5.26 Å². The van der Waals surface area contributed by atoms with E-state index in [1.54, 1.807) is 4.90 Å². The number of morpholine rings is 1. The number of hydrogen-bond donors (Lipinski definition) is 0. The summed E-state index contributed by atoms with van der Waals surface area (Å²) in [6.07, 6.45) is 0.455. The van der Waals surface area contributed by atoms with E-state index in [-0.39, 0.29) is 18.6 Å². The van der Waals surface area contributed by atoms with Crippen molar-refractivity contribution < 1.29 is 9.53 Å². The number of hydrogen-bond acceptors (Lipinski definition) is 3. The quantitative estimate of drug-likeness (QED) is 0.626. The van der Waals surface area contributed by atoms with E-state index in [0.717, 1.165) is 6.42 Å². The van der Waals surface area contributed by atoms with Crippen LogP contribution in [0.15, 0.2) is 0 Å². The lowest BCUT2D eigenvalue weighted by molar-refractivity contribution is -0.148. The van der Waals surface area contributed by atoms with Crippen molar-refractivity contribution in [2.45, 2.75) is 32.4 Å². The summed E-state index contributed by atoms with van der Waals surface area (Å²) >= 11 is 0. The van der Waals surface area contributed by atoms with E-state index in [1.165, 1.54) is 0 Å². The molecule has 0 N–H and O–H groups in total. The molecule has 1 aliphatic rings. The molecule has 13 heavy (non-hydrogen) atoms. The lowest BCUT2D eigenvalue weighted by Gasteiger charge is -2.33. The minimum absolute atomic E-state index is 0.0131. The summed E-state index contributed by atoms with van der Waals surface area (Å²) in [6.45, 7) is 4.46. The van der Waals surface area contributed by atoms with Crippen LogP contribution in [0.5, 0.6) is 0 Å². The highest BCUT2D eigenvalue weighted by atomic mass is 16.5. The molecule has 4 nitrogen and oxygen atoms in total. The summed E-state index contributed by atoms with van der Waals surface area (Å²) < 4.78 is 5.01. The molecule has 2 unspecified atom stereocenters. The Labute approximate surface area is 78.1 Å². The van der Waals surface area contributed by atoms with E-state index in [2.05, 4.69) is 0 Å². The molecule has 1 amide bonds. The molecule has 0 bridgehead atoms. The Balaban J connectivity index is 2.61. The van der Waals surface area contributed by atoms with Crippen molar-refractivity contribution >= 4 is 5.91 Å².